The number of hydrogen-bond donors (Lipinski definition) is 1. The number of alkyl halides is 2. The summed E-state index contributed by atoms with van der Waals surface area (Å²) in [6, 6.07) is 0.731. The van der Waals surface area contributed by atoms with Crippen molar-refractivity contribution in [1.29, 1.82) is 0 Å². The van der Waals surface area contributed by atoms with E-state index in [2.05, 4.69) is 17.3 Å². The maximum atomic E-state index is 12.9. The van der Waals surface area contributed by atoms with Crippen molar-refractivity contribution in [2.45, 2.75) is 50.1 Å². The summed E-state index contributed by atoms with van der Waals surface area (Å²) in [6.07, 6.45) is 4.76. The van der Waals surface area contributed by atoms with Gasteiger partial charge in [0.05, 0.1) is 6.54 Å². The van der Waals surface area contributed by atoms with Crippen molar-refractivity contribution in [3.05, 3.63) is 0 Å². The van der Waals surface area contributed by atoms with Crippen LogP contribution in [0.3, 0.4) is 0 Å². The number of halogens is 2. The Hall–Kier alpha value is -0.220. The van der Waals surface area contributed by atoms with Crippen molar-refractivity contribution in [1.82, 2.24) is 10.2 Å². The van der Waals surface area contributed by atoms with Gasteiger partial charge in [0, 0.05) is 18.5 Å². The van der Waals surface area contributed by atoms with Gasteiger partial charge in [-0.15, -0.1) is 0 Å². The summed E-state index contributed by atoms with van der Waals surface area (Å²) in [7, 11) is 2.11. The lowest BCUT2D eigenvalue weighted by molar-refractivity contribution is 0.0204. The molecule has 0 amide bonds. The summed E-state index contributed by atoms with van der Waals surface area (Å²) in [5.74, 6) is -2.47. The van der Waals surface area contributed by atoms with Gasteiger partial charge >= 0.3 is 0 Å². The van der Waals surface area contributed by atoms with Gasteiger partial charge < -0.3 is 10.2 Å². The molecule has 0 radical (unpaired) electrons. The molecule has 2 nitrogen and oxygen atoms in total. The van der Waals surface area contributed by atoms with Gasteiger partial charge in [0.25, 0.3) is 5.92 Å². The second-order valence-electron chi connectivity index (χ2n) is 4.99. The number of hydrogen-bond acceptors (Lipinski definition) is 2. The van der Waals surface area contributed by atoms with Gasteiger partial charge in [-0.2, -0.15) is 0 Å². The van der Waals surface area contributed by atoms with E-state index in [1.165, 1.54) is 19.3 Å². The van der Waals surface area contributed by atoms with Crippen LogP contribution in [0.5, 0.6) is 0 Å². The van der Waals surface area contributed by atoms with Crippen molar-refractivity contribution in [3.8, 4) is 0 Å². The first-order chi connectivity index (χ1) is 7.07. The Morgan fingerprint density at radius 2 is 2.13 bits per heavy atom. The van der Waals surface area contributed by atoms with E-state index < -0.39 is 5.92 Å². The Morgan fingerprint density at radius 1 is 1.40 bits per heavy atom. The molecule has 0 spiro atoms. The van der Waals surface area contributed by atoms with E-state index >= 15 is 0 Å². The third-order valence-electron chi connectivity index (χ3n) is 3.72. The minimum absolute atomic E-state index is 0.0162. The Balaban J connectivity index is 1.65. The van der Waals surface area contributed by atoms with Crippen molar-refractivity contribution >= 4 is 0 Å². The molecule has 0 bridgehead atoms. The van der Waals surface area contributed by atoms with Gasteiger partial charge in [-0.3, -0.25) is 0 Å². The van der Waals surface area contributed by atoms with Gasteiger partial charge in [0.15, 0.2) is 0 Å². The zero-order chi connectivity index (χ0) is 10.9. The molecular formula is C11H20F2N2. The largest absolute Gasteiger partial charge is 0.308 e. The molecule has 4 heteroatoms. The van der Waals surface area contributed by atoms with Gasteiger partial charge in [-0.1, -0.05) is 6.42 Å². The van der Waals surface area contributed by atoms with E-state index in [-0.39, 0.29) is 19.0 Å². The summed E-state index contributed by atoms with van der Waals surface area (Å²) in [6.45, 7) is 0.809. The first kappa shape index (κ1) is 11.3. The SMILES string of the molecule is CN(CCC1CC(F)(F)CN1)C1CCC1. The quantitative estimate of drug-likeness (QED) is 0.774. The van der Waals surface area contributed by atoms with Crippen LogP contribution in [0.15, 0.2) is 0 Å². The van der Waals surface area contributed by atoms with Crippen LogP contribution in [0, 0.1) is 0 Å². The van der Waals surface area contributed by atoms with Crippen molar-refractivity contribution in [2.24, 2.45) is 0 Å². The predicted octanol–water partition coefficient (Wildman–Crippen LogP) is 1.86. The second kappa shape index (κ2) is 4.34. The Bertz CT molecular complexity index is 217. The zero-order valence-electron chi connectivity index (χ0n) is 9.31. The zero-order valence-corrected chi connectivity index (χ0v) is 9.31. The Kier molecular flexibility index (Phi) is 3.26. The summed E-state index contributed by atoms with van der Waals surface area (Å²) in [4.78, 5) is 2.32. The van der Waals surface area contributed by atoms with E-state index in [0.29, 0.717) is 6.04 Å². The molecule has 2 fully saturated rings. The van der Waals surface area contributed by atoms with E-state index in [0.717, 1.165) is 13.0 Å². The molecular weight excluding hydrogens is 198 g/mol. The lowest BCUT2D eigenvalue weighted by Crippen LogP contribution is -2.39. The van der Waals surface area contributed by atoms with Crippen LogP contribution in [0.1, 0.15) is 32.1 Å². The fourth-order valence-electron chi connectivity index (χ4n) is 2.37. The molecule has 1 unspecified atom stereocenters. The van der Waals surface area contributed by atoms with Crippen molar-refractivity contribution in [2.75, 3.05) is 20.1 Å². The molecule has 1 aliphatic heterocycles. The molecule has 1 aliphatic carbocycles. The highest BCUT2D eigenvalue weighted by Crippen LogP contribution is 2.28. The molecule has 1 atom stereocenters. The van der Waals surface area contributed by atoms with Gasteiger partial charge in [0.2, 0.25) is 0 Å². The lowest BCUT2D eigenvalue weighted by atomic mass is 9.91. The summed E-state index contributed by atoms with van der Waals surface area (Å²) in [5, 5.41) is 2.90. The highest BCUT2D eigenvalue weighted by atomic mass is 19.3. The standard InChI is InChI=1S/C11H20F2N2/c1-15(10-3-2-4-10)6-5-9-7-11(12,13)8-14-9/h9-10,14H,2-8H2,1H3. The Labute approximate surface area is 90.0 Å². The molecule has 1 saturated heterocycles. The minimum atomic E-state index is -2.47. The molecule has 88 valence electrons. The normalized spacial score (nSPS) is 30.8. The minimum Gasteiger partial charge on any atom is -0.308 e. The topological polar surface area (TPSA) is 15.3 Å². The van der Waals surface area contributed by atoms with Gasteiger partial charge in [0.1, 0.15) is 0 Å². The monoisotopic (exact) mass is 218 g/mol. The van der Waals surface area contributed by atoms with Crippen LogP contribution in [-0.4, -0.2) is 43.0 Å². The van der Waals surface area contributed by atoms with Crippen LogP contribution in [0.2, 0.25) is 0 Å². The first-order valence-electron chi connectivity index (χ1n) is 5.88. The summed E-state index contributed by atoms with van der Waals surface area (Å²) >= 11 is 0. The van der Waals surface area contributed by atoms with E-state index in [4.69, 9.17) is 0 Å². The van der Waals surface area contributed by atoms with E-state index in [1.807, 2.05) is 0 Å². The van der Waals surface area contributed by atoms with Crippen LogP contribution in [-0.2, 0) is 0 Å². The molecule has 15 heavy (non-hydrogen) atoms. The third-order valence-corrected chi connectivity index (χ3v) is 3.72. The lowest BCUT2D eigenvalue weighted by Gasteiger charge is -2.35. The number of nitrogens with zero attached hydrogens (tertiary/aromatic N) is 1. The molecule has 0 aromatic rings. The third kappa shape index (κ3) is 2.88. The Morgan fingerprint density at radius 3 is 2.60 bits per heavy atom. The summed E-state index contributed by atoms with van der Waals surface area (Å²) in [5.41, 5.74) is 0. The fraction of sp³-hybridized carbons (Fsp3) is 1.00. The fourth-order valence-corrected chi connectivity index (χ4v) is 2.37. The maximum Gasteiger partial charge on any atom is 0.261 e. The smallest absolute Gasteiger partial charge is 0.261 e. The highest BCUT2D eigenvalue weighted by Gasteiger charge is 2.39. The highest BCUT2D eigenvalue weighted by molar-refractivity contribution is 4.88. The van der Waals surface area contributed by atoms with Crippen LogP contribution < -0.4 is 5.32 Å². The molecule has 2 rings (SSSR count). The van der Waals surface area contributed by atoms with Crippen LogP contribution >= 0.6 is 0 Å². The molecule has 1 saturated carbocycles. The molecule has 2 aliphatic rings. The van der Waals surface area contributed by atoms with Crippen LogP contribution in [0.25, 0.3) is 0 Å². The predicted molar refractivity (Wildman–Crippen MR) is 56.2 cm³/mol. The first-order valence-corrected chi connectivity index (χ1v) is 5.88. The molecule has 0 aromatic carbocycles. The maximum absolute atomic E-state index is 12.9. The van der Waals surface area contributed by atoms with E-state index in [9.17, 15) is 8.78 Å². The van der Waals surface area contributed by atoms with Crippen LogP contribution in [0.4, 0.5) is 8.78 Å². The number of nitrogens with one attached hydrogen (secondary N) is 1. The average Bonchev–Trinajstić information content (AvgIpc) is 2.39. The summed E-state index contributed by atoms with van der Waals surface area (Å²) < 4.78 is 25.8. The van der Waals surface area contributed by atoms with Gasteiger partial charge in [-0.05, 0) is 32.9 Å². The average molecular weight is 218 g/mol. The van der Waals surface area contributed by atoms with E-state index in [1.54, 1.807) is 0 Å². The van der Waals surface area contributed by atoms with Crippen molar-refractivity contribution in [3.63, 3.8) is 0 Å². The second-order valence-corrected chi connectivity index (χ2v) is 4.99. The molecule has 1 heterocycles. The van der Waals surface area contributed by atoms with Gasteiger partial charge in [-0.25, -0.2) is 8.78 Å². The molecule has 0 aromatic heterocycles. The number of rotatable bonds is 4. The van der Waals surface area contributed by atoms with Crippen molar-refractivity contribution < 1.29 is 8.78 Å². The molecule has 1 N–H and O–H groups in total.